The van der Waals surface area contributed by atoms with Crippen molar-refractivity contribution < 1.29 is 9.53 Å². The first-order valence-electron chi connectivity index (χ1n) is 6.40. The number of nitrogens with zero attached hydrogens (tertiary/aromatic N) is 2. The lowest BCUT2D eigenvalue weighted by atomic mass is 10.1. The number of carbonyl (C=O) groups is 1. The normalized spacial score (nSPS) is 10.0. The Morgan fingerprint density at radius 2 is 2.10 bits per heavy atom. The number of benzene rings is 1. The van der Waals surface area contributed by atoms with E-state index in [0.717, 1.165) is 0 Å². The lowest BCUT2D eigenvalue weighted by molar-refractivity contribution is 0.102. The van der Waals surface area contributed by atoms with Gasteiger partial charge in [0.2, 0.25) is 0 Å². The molecule has 0 fully saturated rings. The van der Waals surface area contributed by atoms with Gasteiger partial charge in [0.15, 0.2) is 5.82 Å². The average Bonchev–Trinajstić information content (AvgIpc) is 2.47. The molecule has 0 aliphatic carbocycles. The molecular weight excluding hydrogens is 268 g/mol. The van der Waals surface area contributed by atoms with Gasteiger partial charge in [-0.2, -0.15) is 0 Å². The lowest BCUT2D eigenvalue weighted by Gasteiger charge is -2.16. The number of nitrogens with one attached hydrogen (secondary N) is 1. The summed E-state index contributed by atoms with van der Waals surface area (Å²) in [6, 6.07) is 8.47. The number of anilines is 3. The number of aromatic nitrogens is 1. The Morgan fingerprint density at radius 3 is 2.76 bits per heavy atom. The third-order valence-electron chi connectivity index (χ3n) is 2.93. The van der Waals surface area contributed by atoms with E-state index in [1.54, 1.807) is 36.5 Å². The molecule has 1 aromatic heterocycles. The average molecular weight is 286 g/mol. The summed E-state index contributed by atoms with van der Waals surface area (Å²) in [6.07, 6.45) is 1.68. The fourth-order valence-corrected chi connectivity index (χ4v) is 1.94. The summed E-state index contributed by atoms with van der Waals surface area (Å²) in [7, 11) is 5.23. The van der Waals surface area contributed by atoms with Gasteiger partial charge >= 0.3 is 0 Å². The number of nitrogens with two attached hydrogens (primary N) is 1. The summed E-state index contributed by atoms with van der Waals surface area (Å²) in [5, 5.41) is 2.84. The van der Waals surface area contributed by atoms with Crippen LogP contribution in [0.3, 0.4) is 0 Å². The molecule has 0 unspecified atom stereocenters. The molecule has 1 aromatic carbocycles. The van der Waals surface area contributed by atoms with Crippen LogP contribution in [-0.4, -0.2) is 32.1 Å². The summed E-state index contributed by atoms with van der Waals surface area (Å²) in [5.41, 5.74) is 7.28. The Morgan fingerprint density at radius 1 is 1.33 bits per heavy atom. The Balaban J connectivity index is 2.31. The first-order valence-corrected chi connectivity index (χ1v) is 6.40. The van der Waals surface area contributed by atoms with Crippen LogP contribution in [-0.2, 0) is 0 Å². The van der Waals surface area contributed by atoms with E-state index < -0.39 is 0 Å². The van der Waals surface area contributed by atoms with Crippen LogP contribution in [0.2, 0.25) is 0 Å². The molecule has 6 heteroatoms. The molecule has 0 aliphatic rings. The van der Waals surface area contributed by atoms with Crippen molar-refractivity contribution in [3.8, 4) is 5.75 Å². The molecule has 0 aliphatic heterocycles. The summed E-state index contributed by atoms with van der Waals surface area (Å²) < 4.78 is 5.20. The Labute approximate surface area is 123 Å². The molecule has 0 spiro atoms. The highest BCUT2D eigenvalue weighted by Gasteiger charge is 2.15. The number of nitrogen functional groups attached to an aromatic ring is 1. The largest absolute Gasteiger partial charge is 0.496 e. The topological polar surface area (TPSA) is 80.5 Å². The molecule has 0 atom stereocenters. The van der Waals surface area contributed by atoms with E-state index in [4.69, 9.17) is 10.5 Å². The molecule has 0 saturated carbocycles. The van der Waals surface area contributed by atoms with Crippen molar-refractivity contribution in [2.75, 3.05) is 37.2 Å². The van der Waals surface area contributed by atoms with Crippen LogP contribution in [0.15, 0.2) is 36.5 Å². The number of amides is 1. The van der Waals surface area contributed by atoms with E-state index in [2.05, 4.69) is 10.3 Å². The van der Waals surface area contributed by atoms with Crippen LogP contribution >= 0.6 is 0 Å². The minimum absolute atomic E-state index is 0.275. The Kier molecular flexibility index (Phi) is 4.27. The van der Waals surface area contributed by atoms with Gasteiger partial charge in [-0.05, 0) is 24.3 Å². The van der Waals surface area contributed by atoms with Crippen molar-refractivity contribution in [3.63, 3.8) is 0 Å². The minimum Gasteiger partial charge on any atom is -0.496 e. The van der Waals surface area contributed by atoms with Crippen molar-refractivity contribution in [2.45, 2.75) is 0 Å². The highest BCUT2D eigenvalue weighted by Crippen LogP contribution is 2.25. The second-order valence-corrected chi connectivity index (χ2v) is 4.68. The zero-order valence-electron chi connectivity index (χ0n) is 12.3. The third kappa shape index (κ3) is 3.22. The zero-order chi connectivity index (χ0) is 15.4. The number of pyridine rings is 1. The third-order valence-corrected chi connectivity index (χ3v) is 2.93. The molecule has 0 bridgehead atoms. The lowest BCUT2D eigenvalue weighted by Crippen LogP contribution is -2.18. The number of rotatable bonds is 4. The minimum atomic E-state index is -0.275. The molecule has 2 rings (SSSR count). The second-order valence-electron chi connectivity index (χ2n) is 4.68. The molecule has 21 heavy (non-hydrogen) atoms. The Bertz CT molecular complexity index is 656. The zero-order valence-corrected chi connectivity index (χ0v) is 12.3. The van der Waals surface area contributed by atoms with E-state index in [9.17, 15) is 4.79 Å². The summed E-state index contributed by atoms with van der Waals surface area (Å²) >= 11 is 0. The maximum atomic E-state index is 12.4. The van der Waals surface area contributed by atoms with Gasteiger partial charge in [0, 0.05) is 32.0 Å². The first-order chi connectivity index (χ1) is 10.0. The standard InChI is InChI=1S/C15H18N4O2/c1-19(2)14-12(5-4-8-17-14)18-15(20)11-7-6-10(16)9-13(11)21-3/h4-9H,16H2,1-3H3,(H,18,20). The van der Waals surface area contributed by atoms with Gasteiger partial charge in [0.05, 0.1) is 18.4 Å². The number of carbonyl (C=O) groups excluding carboxylic acids is 1. The predicted molar refractivity (Wildman–Crippen MR) is 83.9 cm³/mol. The van der Waals surface area contributed by atoms with E-state index in [-0.39, 0.29) is 5.91 Å². The molecule has 2 aromatic rings. The summed E-state index contributed by atoms with van der Waals surface area (Å²) in [4.78, 5) is 18.5. The number of hydrogen-bond acceptors (Lipinski definition) is 5. The van der Waals surface area contributed by atoms with Crippen LogP contribution < -0.4 is 20.7 Å². The second kappa shape index (κ2) is 6.13. The quantitative estimate of drug-likeness (QED) is 0.840. The molecule has 3 N–H and O–H groups in total. The molecular formula is C15H18N4O2. The number of hydrogen-bond donors (Lipinski definition) is 2. The fraction of sp³-hybridized carbons (Fsp3) is 0.200. The van der Waals surface area contributed by atoms with Gasteiger partial charge in [-0.15, -0.1) is 0 Å². The molecule has 6 nitrogen and oxygen atoms in total. The van der Waals surface area contributed by atoms with E-state index >= 15 is 0 Å². The van der Waals surface area contributed by atoms with Gasteiger partial charge in [-0.1, -0.05) is 0 Å². The SMILES string of the molecule is COc1cc(N)ccc1C(=O)Nc1cccnc1N(C)C. The van der Waals surface area contributed by atoms with Gasteiger partial charge in [0.1, 0.15) is 5.75 Å². The van der Waals surface area contributed by atoms with Crippen LogP contribution in [0.5, 0.6) is 5.75 Å². The van der Waals surface area contributed by atoms with Crippen LogP contribution in [0.4, 0.5) is 17.2 Å². The number of methoxy groups -OCH3 is 1. The van der Waals surface area contributed by atoms with Crippen LogP contribution in [0.1, 0.15) is 10.4 Å². The molecule has 0 radical (unpaired) electrons. The van der Waals surface area contributed by atoms with E-state index in [1.807, 2.05) is 19.0 Å². The van der Waals surface area contributed by atoms with Crippen LogP contribution in [0, 0.1) is 0 Å². The first kappa shape index (κ1) is 14.6. The van der Waals surface area contributed by atoms with Crippen molar-refractivity contribution in [2.24, 2.45) is 0 Å². The molecule has 1 heterocycles. The van der Waals surface area contributed by atoms with Crippen molar-refractivity contribution in [3.05, 3.63) is 42.1 Å². The number of ether oxygens (including phenoxy) is 1. The van der Waals surface area contributed by atoms with Crippen molar-refractivity contribution >= 4 is 23.1 Å². The fourth-order valence-electron chi connectivity index (χ4n) is 1.94. The predicted octanol–water partition coefficient (Wildman–Crippen LogP) is 1.99. The van der Waals surface area contributed by atoms with Gasteiger partial charge in [-0.25, -0.2) is 4.98 Å². The van der Waals surface area contributed by atoms with E-state index in [0.29, 0.717) is 28.5 Å². The van der Waals surface area contributed by atoms with Gasteiger partial charge < -0.3 is 20.7 Å². The molecule has 1 amide bonds. The smallest absolute Gasteiger partial charge is 0.259 e. The summed E-state index contributed by atoms with van der Waals surface area (Å²) in [5.74, 6) is 0.839. The van der Waals surface area contributed by atoms with Gasteiger partial charge in [-0.3, -0.25) is 4.79 Å². The Hall–Kier alpha value is -2.76. The monoisotopic (exact) mass is 286 g/mol. The molecule has 110 valence electrons. The van der Waals surface area contributed by atoms with E-state index in [1.165, 1.54) is 7.11 Å². The maximum absolute atomic E-state index is 12.4. The van der Waals surface area contributed by atoms with Crippen molar-refractivity contribution in [1.82, 2.24) is 4.98 Å². The van der Waals surface area contributed by atoms with Gasteiger partial charge in [0.25, 0.3) is 5.91 Å². The summed E-state index contributed by atoms with van der Waals surface area (Å²) in [6.45, 7) is 0. The highest BCUT2D eigenvalue weighted by molar-refractivity contribution is 6.07. The van der Waals surface area contributed by atoms with Crippen LogP contribution in [0.25, 0.3) is 0 Å². The van der Waals surface area contributed by atoms with Crippen molar-refractivity contribution in [1.29, 1.82) is 0 Å². The maximum Gasteiger partial charge on any atom is 0.259 e. The molecule has 0 saturated heterocycles. The highest BCUT2D eigenvalue weighted by atomic mass is 16.5.